The molecule has 1 heterocycles. The fraction of sp³-hybridized carbons (Fsp3) is 0.500. The molecule has 8 nitrogen and oxygen atoms in total. The largest absolute Gasteiger partial charge is 0.481 e. The van der Waals surface area contributed by atoms with E-state index in [2.05, 4.69) is 10.4 Å². The molecule has 0 aliphatic rings. The highest BCUT2D eigenvalue weighted by atomic mass is 16.4. The van der Waals surface area contributed by atoms with Crippen molar-refractivity contribution >= 4 is 11.9 Å². The van der Waals surface area contributed by atoms with Crippen LogP contribution in [0.5, 0.6) is 0 Å². The van der Waals surface area contributed by atoms with E-state index in [9.17, 15) is 19.2 Å². The Bertz CT molecular complexity index is 602. The molecule has 0 spiro atoms. The summed E-state index contributed by atoms with van der Waals surface area (Å²) in [6.45, 7) is 3.20. The number of H-pyrrole nitrogens is 1. The van der Waals surface area contributed by atoms with Crippen LogP contribution in [0.25, 0.3) is 0 Å². The minimum Gasteiger partial charge on any atom is -0.481 e. The van der Waals surface area contributed by atoms with Crippen LogP contribution in [-0.2, 0) is 16.1 Å². The van der Waals surface area contributed by atoms with Crippen molar-refractivity contribution in [2.75, 3.05) is 0 Å². The summed E-state index contributed by atoms with van der Waals surface area (Å²) >= 11 is 0. The van der Waals surface area contributed by atoms with E-state index in [0.717, 1.165) is 16.8 Å². The molecule has 0 aromatic carbocycles. The Kier molecular flexibility index (Phi) is 5.24. The molecule has 0 saturated heterocycles. The van der Waals surface area contributed by atoms with Crippen LogP contribution in [0.4, 0.5) is 0 Å². The molecule has 0 radical (unpaired) electrons. The topological polar surface area (TPSA) is 121 Å². The molecule has 1 unspecified atom stereocenters. The Labute approximate surface area is 114 Å². The molecule has 110 valence electrons. The van der Waals surface area contributed by atoms with Crippen molar-refractivity contribution in [3.05, 3.63) is 32.8 Å². The van der Waals surface area contributed by atoms with E-state index in [0.29, 0.717) is 0 Å². The molecule has 0 bridgehead atoms. The van der Waals surface area contributed by atoms with Gasteiger partial charge in [-0.3, -0.25) is 24.3 Å². The summed E-state index contributed by atoms with van der Waals surface area (Å²) in [7, 11) is 0. The van der Waals surface area contributed by atoms with Gasteiger partial charge in [-0.15, -0.1) is 0 Å². The number of nitrogens with zero attached hydrogens (tertiary/aromatic N) is 1. The Morgan fingerprint density at radius 3 is 2.55 bits per heavy atom. The number of carbonyl (C=O) groups is 2. The van der Waals surface area contributed by atoms with Crippen molar-refractivity contribution in [1.29, 1.82) is 0 Å². The first-order valence-electron chi connectivity index (χ1n) is 6.11. The number of carboxylic acid groups (broad SMARTS) is 1. The lowest BCUT2D eigenvalue weighted by Crippen LogP contribution is -2.43. The summed E-state index contributed by atoms with van der Waals surface area (Å²) in [4.78, 5) is 45.0. The molecule has 0 aliphatic carbocycles. The predicted molar refractivity (Wildman–Crippen MR) is 70.3 cm³/mol. The van der Waals surface area contributed by atoms with Gasteiger partial charge in [-0.25, -0.2) is 4.68 Å². The predicted octanol–water partition coefficient (Wildman–Crippen LogP) is -0.848. The van der Waals surface area contributed by atoms with Crippen LogP contribution in [0.2, 0.25) is 0 Å². The van der Waals surface area contributed by atoms with Gasteiger partial charge < -0.3 is 10.4 Å². The van der Waals surface area contributed by atoms with Crippen molar-refractivity contribution in [3.8, 4) is 0 Å². The number of carboxylic acids is 1. The van der Waals surface area contributed by atoms with Gasteiger partial charge in [-0.05, 0) is 5.92 Å². The first-order chi connectivity index (χ1) is 9.29. The number of hydrogen-bond acceptors (Lipinski definition) is 4. The van der Waals surface area contributed by atoms with Crippen LogP contribution < -0.4 is 16.4 Å². The summed E-state index contributed by atoms with van der Waals surface area (Å²) < 4.78 is 0.871. The lowest BCUT2D eigenvalue weighted by molar-refractivity contribution is -0.138. The molecule has 1 aromatic rings. The minimum absolute atomic E-state index is 0.0680. The summed E-state index contributed by atoms with van der Waals surface area (Å²) in [5.74, 6) is -1.62. The summed E-state index contributed by atoms with van der Waals surface area (Å²) in [5, 5.41) is 13.5. The Morgan fingerprint density at radius 2 is 2.00 bits per heavy atom. The molecule has 0 aliphatic heterocycles. The van der Waals surface area contributed by atoms with Gasteiger partial charge in [0, 0.05) is 18.2 Å². The quantitative estimate of drug-likeness (QED) is 0.628. The average Bonchev–Trinajstić information content (AvgIpc) is 2.32. The van der Waals surface area contributed by atoms with E-state index in [-0.39, 0.29) is 18.9 Å². The maximum atomic E-state index is 11.8. The maximum absolute atomic E-state index is 11.8. The molecule has 0 fully saturated rings. The molecule has 1 rings (SSSR count). The number of aliphatic carboxylic acids is 1. The Balaban J connectivity index is 2.75. The van der Waals surface area contributed by atoms with Gasteiger partial charge in [0.1, 0.15) is 6.54 Å². The summed E-state index contributed by atoms with van der Waals surface area (Å²) in [5.41, 5.74) is -1.01. The molecular formula is C12H17N3O5. The molecule has 1 atom stereocenters. The molecule has 0 saturated carbocycles. The maximum Gasteiger partial charge on any atom is 0.305 e. The standard InChI is InChI=1S/C12H17N3O5/c1-7(2)8(5-12(19)20)13-10(17)6-15-11(18)4-3-9(16)14-15/h3-4,7-8H,5-6H2,1-2H3,(H,13,17)(H,14,16)(H,19,20). The van der Waals surface area contributed by atoms with E-state index in [4.69, 9.17) is 5.11 Å². The van der Waals surface area contributed by atoms with E-state index >= 15 is 0 Å². The number of rotatable bonds is 6. The number of amides is 1. The zero-order chi connectivity index (χ0) is 15.3. The van der Waals surface area contributed by atoms with Crippen molar-refractivity contribution in [1.82, 2.24) is 15.1 Å². The molecular weight excluding hydrogens is 266 g/mol. The van der Waals surface area contributed by atoms with Crippen LogP contribution in [0.1, 0.15) is 20.3 Å². The summed E-state index contributed by atoms with van der Waals surface area (Å²) in [6, 6.07) is 1.59. The zero-order valence-corrected chi connectivity index (χ0v) is 11.3. The lowest BCUT2D eigenvalue weighted by atomic mass is 10.0. The lowest BCUT2D eigenvalue weighted by Gasteiger charge is -2.20. The van der Waals surface area contributed by atoms with Crippen molar-refractivity contribution < 1.29 is 14.7 Å². The highest BCUT2D eigenvalue weighted by Gasteiger charge is 2.19. The second-order valence-electron chi connectivity index (χ2n) is 4.75. The van der Waals surface area contributed by atoms with Gasteiger partial charge in [0.05, 0.1) is 6.42 Å². The number of carbonyl (C=O) groups excluding carboxylic acids is 1. The Hall–Kier alpha value is -2.38. The number of nitrogens with one attached hydrogen (secondary N) is 2. The van der Waals surface area contributed by atoms with Gasteiger partial charge in [0.2, 0.25) is 5.91 Å². The van der Waals surface area contributed by atoms with Gasteiger partial charge >= 0.3 is 5.97 Å². The fourth-order valence-corrected chi connectivity index (χ4v) is 1.62. The first kappa shape index (κ1) is 15.7. The van der Waals surface area contributed by atoms with E-state index < -0.39 is 29.0 Å². The molecule has 1 aromatic heterocycles. The van der Waals surface area contributed by atoms with Crippen molar-refractivity contribution in [2.45, 2.75) is 32.9 Å². The fourth-order valence-electron chi connectivity index (χ4n) is 1.62. The molecule has 20 heavy (non-hydrogen) atoms. The van der Waals surface area contributed by atoms with Crippen LogP contribution in [0.3, 0.4) is 0 Å². The molecule has 3 N–H and O–H groups in total. The first-order valence-corrected chi connectivity index (χ1v) is 6.11. The Morgan fingerprint density at radius 1 is 1.35 bits per heavy atom. The van der Waals surface area contributed by atoms with E-state index in [1.807, 2.05) is 0 Å². The second kappa shape index (κ2) is 6.69. The number of hydrogen-bond donors (Lipinski definition) is 3. The minimum atomic E-state index is -1.02. The normalized spacial score (nSPS) is 12.2. The summed E-state index contributed by atoms with van der Waals surface area (Å²) in [6.07, 6.45) is -0.205. The van der Waals surface area contributed by atoms with E-state index in [1.165, 1.54) is 0 Å². The number of aromatic amines is 1. The SMILES string of the molecule is CC(C)C(CC(=O)O)NC(=O)Cn1[nH]c(=O)ccc1=O. The van der Waals surface area contributed by atoms with Gasteiger partial charge in [0.25, 0.3) is 11.1 Å². The van der Waals surface area contributed by atoms with Crippen molar-refractivity contribution in [3.63, 3.8) is 0 Å². The van der Waals surface area contributed by atoms with Crippen molar-refractivity contribution in [2.24, 2.45) is 5.92 Å². The monoisotopic (exact) mass is 283 g/mol. The number of aromatic nitrogens is 2. The third-order valence-electron chi connectivity index (χ3n) is 2.74. The average molecular weight is 283 g/mol. The smallest absolute Gasteiger partial charge is 0.305 e. The highest BCUT2D eigenvalue weighted by Crippen LogP contribution is 2.05. The van der Waals surface area contributed by atoms with Crippen LogP contribution >= 0.6 is 0 Å². The van der Waals surface area contributed by atoms with Gasteiger partial charge in [-0.1, -0.05) is 13.8 Å². The van der Waals surface area contributed by atoms with Gasteiger partial charge in [0.15, 0.2) is 0 Å². The molecule has 8 heteroatoms. The van der Waals surface area contributed by atoms with Crippen LogP contribution in [0, 0.1) is 5.92 Å². The highest BCUT2D eigenvalue weighted by molar-refractivity contribution is 5.77. The zero-order valence-electron chi connectivity index (χ0n) is 11.3. The van der Waals surface area contributed by atoms with E-state index in [1.54, 1.807) is 13.8 Å². The van der Waals surface area contributed by atoms with Gasteiger partial charge in [-0.2, -0.15) is 0 Å². The van der Waals surface area contributed by atoms with Crippen LogP contribution in [0.15, 0.2) is 21.7 Å². The van der Waals surface area contributed by atoms with Crippen LogP contribution in [-0.4, -0.2) is 32.8 Å². The third kappa shape index (κ3) is 4.71. The molecule has 1 amide bonds. The second-order valence-corrected chi connectivity index (χ2v) is 4.75. The third-order valence-corrected chi connectivity index (χ3v) is 2.74.